The highest BCUT2D eigenvalue weighted by molar-refractivity contribution is 5.08. The standard InChI is InChI=1S/C9H15N3/c1-7-2-3-8-5-11-9(4-10)12(8)6-7/h5,7H,2-4,6,10H2,1H3. The Hall–Kier alpha value is -0.830. The molecule has 2 N–H and O–H groups in total. The van der Waals surface area contributed by atoms with Crippen LogP contribution in [0.15, 0.2) is 6.20 Å². The maximum atomic E-state index is 5.58. The molecule has 0 saturated heterocycles. The van der Waals surface area contributed by atoms with Crippen LogP contribution in [0.1, 0.15) is 24.9 Å². The van der Waals surface area contributed by atoms with E-state index in [9.17, 15) is 0 Å². The summed E-state index contributed by atoms with van der Waals surface area (Å²) in [4.78, 5) is 4.29. The predicted octanol–water partition coefficient (Wildman–Crippen LogP) is 0.924. The minimum absolute atomic E-state index is 0.562. The molecule has 0 spiro atoms. The Bertz CT molecular complexity index is 264. The van der Waals surface area contributed by atoms with Crippen molar-refractivity contribution in [1.82, 2.24) is 9.55 Å². The molecule has 1 aromatic rings. The molecule has 0 fully saturated rings. The molecule has 0 aliphatic carbocycles. The Kier molecular flexibility index (Phi) is 1.89. The van der Waals surface area contributed by atoms with E-state index in [4.69, 9.17) is 5.73 Å². The zero-order chi connectivity index (χ0) is 8.55. The average molecular weight is 165 g/mol. The van der Waals surface area contributed by atoms with Gasteiger partial charge in [-0.25, -0.2) is 4.98 Å². The number of aryl methyl sites for hydroxylation is 1. The first-order valence-electron chi connectivity index (χ1n) is 4.54. The molecule has 2 heterocycles. The number of aromatic nitrogens is 2. The van der Waals surface area contributed by atoms with Crippen molar-refractivity contribution in [3.8, 4) is 0 Å². The van der Waals surface area contributed by atoms with E-state index in [-0.39, 0.29) is 0 Å². The lowest BCUT2D eigenvalue weighted by Gasteiger charge is -2.21. The van der Waals surface area contributed by atoms with E-state index in [1.807, 2.05) is 6.20 Å². The number of hydrogen-bond acceptors (Lipinski definition) is 2. The highest BCUT2D eigenvalue weighted by Crippen LogP contribution is 2.20. The van der Waals surface area contributed by atoms with E-state index in [0.29, 0.717) is 6.54 Å². The van der Waals surface area contributed by atoms with Crippen LogP contribution in [-0.2, 0) is 19.5 Å². The van der Waals surface area contributed by atoms with E-state index in [1.165, 1.54) is 12.1 Å². The van der Waals surface area contributed by atoms with Crippen LogP contribution in [0.3, 0.4) is 0 Å². The van der Waals surface area contributed by atoms with Crippen molar-refractivity contribution in [3.63, 3.8) is 0 Å². The molecule has 1 unspecified atom stereocenters. The topological polar surface area (TPSA) is 43.8 Å². The quantitative estimate of drug-likeness (QED) is 0.672. The first kappa shape index (κ1) is 7.80. The zero-order valence-corrected chi connectivity index (χ0v) is 7.45. The van der Waals surface area contributed by atoms with Gasteiger partial charge in [0.25, 0.3) is 0 Å². The van der Waals surface area contributed by atoms with Crippen molar-refractivity contribution in [2.75, 3.05) is 0 Å². The van der Waals surface area contributed by atoms with Gasteiger partial charge in [0.05, 0.1) is 6.54 Å². The second kappa shape index (κ2) is 2.90. The van der Waals surface area contributed by atoms with Crippen LogP contribution in [0.25, 0.3) is 0 Å². The minimum atomic E-state index is 0.562. The third-order valence-electron chi connectivity index (χ3n) is 2.59. The molecular weight excluding hydrogens is 150 g/mol. The van der Waals surface area contributed by atoms with E-state index < -0.39 is 0 Å². The maximum absolute atomic E-state index is 5.58. The summed E-state index contributed by atoms with van der Waals surface area (Å²) in [7, 11) is 0. The van der Waals surface area contributed by atoms with Crippen LogP contribution >= 0.6 is 0 Å². The SMILES string of the molecule is CC1CCc2cnc(CN)n2C1. The van der Waals surface area contributed by atoms with Gasteiger partial charge in [-0.1, -0.05) is 6.92 Å². The molecule has 0 aromatic carbocycles. The molecule has 1 atom stereocenters. The fourth-order valence-electron chi connectivity index (χ4n) is 1.84. The van der Waals surface area contributed by atoms with Gasteiger partial charge >= 0.3 is 0 Å². The second-order valence-electron chi connectivity index (χ2n) is 3.62. The number of imidazole rings is 1. The maximum Gasteiger partial charge on any atom is 0.122 e. The summed E-state index contributed by atoms with van der Waals surface area (Å²) in [5, 5.41) is 0. The van der Waals surface area contributed by atoms with Crippen LogP contribution in [0.5, 0.6) is 0 Å². The largest absolute Gasteiger partial charge is 0.331 e. The number of nitrogens with two attached hydrogens (primary N) is 1. The van der Waals surface area contributed by atoms with E-state index in [2.05, 4.69) is 16.5 Å². The summed E-state index contributed by atoms with van der Waals surface area (Å²) in [5.74, 6) is 1.81. The Morgan fingerprint density at radius 1 is 1.75 bits per heavy atom. The number of rotatable bonds is 1. The molecule has 3 nitrogen and oxygen atoms in total. The third kappa shape index (κ3) is 1.14. The number of hydrogen-bond donors (Lipinski definition) is 1. The predicted molar refractivity (Wildman–Crippen MR) is 47.6 cm³/mol. The summed E-state index contributed by atoms with van der Waals surface area (Å²) in [6.07, 6.45) is 4.41. The van der Waals surface area contributed by atoms with Crippen molar-refractivity contribution >= 4 is 0 Å². The first-order chi connectivity index (χ1) is 5.81. The van der Waals surface area contributed by atoms with Gasteiger partial charge in [0.1, 0.15) is 5.82 Å². The Morgan fingerprint density at radius 2 is 2.58 bits per heavy atom. The Labute approximate surface area is 72.6 Å². The molecule has 66 valence electrons. The molecule has 3 heteroatoms. The number of fused-ring (bicyclic) bond motifs is 1. The van der Waals surface area contributed by atoms with Crippen molar-refractivity contribution in [3.05, 3.63) is 17.7 Å². The molecule has 0 radical (unpaired) electrons. The van der Waals surface area contributed by atoms with E-state index in [1.54, 1.807) is 0 Å². The van der Waals surface area contributed by atoms with Gasteiger partial charge in [-0.2, -0.15) is 0 Å². The summed E-state index contributed by atoms with van der Waals surface area (Å²) >= 11 is 0. The van der Waals surface area contributed by atoms with Crippen molar-refractivity contribution in [2.45, 2.75) is 32.9 Å². The van der Waals surface area contributed by atoms with Gasteiger partial charge in [-0.15, -0.1) is 0 Å². The first-order valence-corrected chi connectivity index (χ1v) is 4.54. The molecule has 2 rings (SSSR count). The van der Waals surface area contributed by atoms with Crippen LogP contribution in [0.4, 0.5) is 0 Å². The fourth-order valence-corrected chi connectivity index (χ4v) is 1.84. The van der Waals surface area contributed by atoms with Gasteiger partial charge < -0.3 is 10.3 Å². The molecule has 1 aliphatic rings. The number of nitrogens with zero attached hydrogens (tertiary/aromatic N) is 2. The summed E-state index contributed by atoms with van der Waals surface area (Å²) in [6, 6.07) is 0. The van der Waals surface area contributed by atoms with Crippen LogP contribution in [0.2, 0.25) is 0 Å². The second-order valence-corrected chi connectivity index (χ2v) is 3.62. The zero-order valence-electron chi connectivity index (χ0n) is 7.45. The summed E-state index contributed by atoms with van der Waals surface area (Å²) in [6.45, 7) is 3.94. The highest BCUT2D eigenvalue weighted by Gasteiger charge is 2.17. The fraction of sp³-hybridized carbons (Fsp3) is 0.667. The molecule has 1 aliphatic heterocycles. The van der Waals surface area contributed by atoms with Gasteiger partial charge in [0, 0.05) is 18.4 Å². The highest BCUT2D eigenvalue weighted by atomic mass is 15.1. The van der Waals surface area contributed by atoms with Gasteiger partial charge in [-0.05, 0) is 18.8 Å². The summed E-state index contributed by atoms with van der Waals surface area (Å²) < 4.78 is 2.27. The smallest absolute Gasteiger partial charge is 0.122 e. The van der Waals surface area contributed by atoms with E-state index in [0.717, 1.165) is 24.7 Å². The lowest BCUT2D eigenvalue weighted by Crippen LogP contribution is -2.20. The van der Waals surface area contributed by atoms with Gasteiger partial charge in [-0.3, -0.25) is 0 Å². The van der Waals surface area contributed by atoms with Crippen LogP contribution < -0.4 is 5.73 Å². The van der Waals surface area contributed by atoms with Crippen LogP contribution in [0, 0.1) is 5.92 Å². The minimum Gasteiger partial charge on any atom is -0.331 e. The van der Waals surface area contributed by atoms with E-state index >= 15 is 0 Å². The van der Waals surface area contributed by atoms with Gasteiger partial charge in [0.2, 0.25) is 0 Å². The molecular formula is C9H15N3. The average Bonchev–Trinajstić information content (AvgIpc) is 2.46. The molecule has 1 aromatic heterocycles. The third-order valence-corrected chi connectivity index (χ3v) is 2.59. The van der Waals surface area contributed by atoms with Crippen molar-refractivity contribution in [1.29, 1.82) is 0 Å². The molecule has 0 saturated carbocycles. The van der Waals surface area contributed by atoms with Crippen molar-refractivity contribution in [2.24, 2.45) is 11.7 Å². The Morgan fingerprint density at radius 3 is 3.33 bits per heavy atom. The van der Waals surface area contributed by atoms with Gasteiger partial charge in [0.15, 0.2) is 0 Å². The monoisotopic (exact) mass is 165 g/mol. The Balaban J connectivity index is 2.34. The normalized spacial score (nSPS) is 22.3. The molecule has 0 amide bonds. The van der Waals surface area contributed by atoms with Crippen LogP contribution in [-0.4, -0.2) is 9.55 Å². The lowest BCUT2D eigenvalue weighted by atomic mass is 10.0. The molecule has 12 heavy (non-hydrogen) atoms. The lowest BCUT2D eigenvalue weighted by molar-refractivity contribution is 0.391. The molecule has 0 bridgehead atoms. The summed E-state index contributed by atoms with van der Waals surface area (Å²) in [5.41, 5.74) is 6.94. The van der Waals surface area contributed by atoms with Crippen molar-refractivity contribution < 1.29 is 0 Å².